The second kappa shape index (κ2) is 6.43. The number of ether oxygens (including phenoxy) is 1. The van der Waals surface area contributed by atoms with Gasteiger partial charge in [0.1, 0.15) is 23.8 Å². The van der Waals surface area contributed by atoms with E-state index in [9.17, 15) is 9.59 Å². The van der Waals surface area contributed by atoms with E-state index in [0.717, 1.165) is 0 Å². The minimum atomic E-state index is -0.556. The average Bonchev–Trinajstić information content (AvgIpc) is 2.99. The quantitative estimate of drug-likeness (QED) is 0.808. The molecular formula is C16H15N3O4. The van der Waals surface area contributed by atoms with Crippen molar-refractivity contribution in [3.63, 3.8) is 0 Å². The highest BCUT2D eigenvalue weighted by molar-refractivity contribution is 6.37. The number of esters is 1. The molecule has 0 saturated carbocycles. The Hall–Kier alpha value is -2.96. The van der Waals surface area contributed by atoms with Gasteiger partial charge in [-0.3, -0.25) is 4.79 Å². The van der Waals surface area contributed by atoms with Crippen molar-refractivity contribution in [3.8, 4) is 0 Å². The number of nitrogens with zero attached hydrogens (tertiary/aromatic N) is 3. The summed E-state index contributed by atoms with van der Waals surface area (Å²) >= 11 is 0. The summed E-state index contributed by atoms with van der Waals surface area (Å²) in [4.78, 5) is 24.1. The van der Waals surface area contributed by atoms with Crippen LogP contribution >= 0.6 is 0 Å². The Bertz CT molecular complexity index is 752. The maximum atomic E-state index is 12.1. The summed E-state index contributed by atoms with van der Waals surface area (Å²) < 4.78 is 10.1. The zero-order valence-electron chi connectivity index (χ0n) is 12.6. The molecule has 0 aliphatic carbocycles. The van der Waals surface area contributed by atoms with E-state index in [0.29, 0.717) is 17.1 Å². The smallest absolute Gasteiger partial charge is 0.354 e. The molecule has 1 aliphatic rings. The van der Waals surface area contributed by atoms with Crippen molar-refractivity contribution >= 4 is 23.3 Å². The number of carbonyl (C=O) groups excluding carboxylic acids is 2. The molecule has 0 fully saturated rings. The Labute approximate surface area is 132 Å². The molecule has 0 saturated heterocycles. The molecule has 1 aliphatic heterocycles. The summed E-state index contributed by atoms with van der Waals surface area (Å²) in [5.74, 6) is -0.0640. The Kier molecular flexibility index (Phi) is 4.18. The maximum absolute atomic E-state index is 12.1. The number of anilines is 1. The fraction of sp³-hybridized carbons (Fsp3) is 0.250. The number of aryl methyl sites for hydroxylation is 1. The molecule has 1 amide bonds. The summed E-state index contributed by atoms with van der Waals surface area (Å²) in [5, 5.41) is 9.12. The highest BCUT2D eigenvalue weighted by Crippen LogP contribution is 2.20. The molecule has 118 valence electrons. The zero-order valence-corrected chi connectivity index (χ0v) is 12.6. The third kappa shape index (κ3) is 3.45. The number of carbonyl (C=O) groups is 2. The van der Waals surface area contributed by atoms with Crippen LogP contribution in [0, 0.1) is 6.92 Å². The molecule has 0 atom stereocenters. The lowest BCUT2D eigenvalue weighted by Gasteiger charge is -2.22. The maximum Gasteiger partial charge on any atom is 0.354 e. The molecular weight excluding hydrogens is 298 g/mol. The molecule has 1 aromatic carbocycles. The van der Waals surface area contributed by atoms with E-state index < -0.39 is 5.97 Å². The second-order valence-corrected chi connectivity index (χ2v) is 5.09. The summed E-state index contributed by atoms with van der Waals surface area (Å²) in [7, 11) is 0. The van der Waals surface area contributed by atoms with Gasteiger partial charge in [-0.1, -0.05) is 23.4 Å². The normalized spacial score (nSPS) is 14.6. The van der Waals surface area contributed by atoms with Gasteiger partial charge in [0.15, 0.2) is 0 Å². The largest absolute Gasteiger partial charge is 0.455 e. The van der Waals surface area contributed by atoms with Gasteiger partial charge in [0.2, 0.25) is 5.91 Å². The predicted octanol–water partition coefficient (Wildman–Crippen LogP) is 2.21. The number of hydrazone groups is 1. The lowest BCUT2D eigenvalue weighted by atomic mass is 10.1. The molecule has 2 heterocycles. The van der Waals surface area contributed by atoms with Gasteiger partial charge in [-0.15, -0.1) is 0 Å². The Morgan fingerprint density at radius 2 is 2.09 bits per heavy atom. The van der Waals surface area contributed by atoms with Gasteiger partial charge in [-0.2, -0.15) is 5.10 Å². The molecule has 0 spiro atoms. The first kappa shape index (κ1) is 15.0. The Morgan fingerprint density at radius 1 is 1.30 bits per heavy atom. The second-order valence-electron chi connectivity index (χ2n) is 5.09. The topological polar surface area (TPSA) is 85.0 Å². The molecule has 1 aromatic heterocycles. The van der Waals surface area contributed by atoms with Crippen LogP contribution in [0.2, 0.25) is 0 Å². The third-order valence-corrected chi connectivity index (χ3v) is 3.30. The highest BCUT2D eigenvalue weighted by Gasteiger charge is 2.26. The van der Waals surface area contributed by atoms with Gasteiger partial charge < -0.3 is 9.26 Å². The van der Waals surface area contributed by atoms with Crippen molar-refractivity contribution in [2.24, 2.45) is 5.10 Å². The standard InChI is InChI=1S/C16H15N3O4/c1-11-9-12(18-23-11)10-22-16(21)14-7-8-15(20)19(17-14)13-5-3-2-4-6-13/h2-6,9H,7-8,10H2,1H3. The van der Waals surface area contributed by atoms with E-state index in [1.54, 1.807) is 37.3 Å². The van der Waals surface area contributed by atoms with Gasteiger partial charge in [0.05, 0.1) is 5.69 Å². The molecule has 0 bridgehead atoms. The van der Waals surface area contributed by atoms with Crippen molar-refractivity contribution in [2.75, 3.05) is 5.01 Å². The van der Waals surface area contributed by atoms with Crippen LogP contribution < -0.4 is 5.01 Å². The highest BCUT2D eigenvalue weighted by atomic mass is 16.5. The van der Waals surface area contributed by atoms with E-state index in [1.807, 2.05) is 6.07 Å². The fourth-order valence-corrected chi connectivity index (χ4v) is 2.18. The van der Waals surface area contributed by atoms with Crippen LogP contribution in [0.1, 0.15) is 24.3 Å². The van der Waals surface area contributed by atoms with Gasteiger partial charge in [-0.25, -0.2) is 9.80 Å². The minimum Gasteiger partial charge on any atom is -0.455 e. The fourth-order valence-electron chi connectivity index (χ4n) is 2.18. The summed E-state index contributed by atoms with van der Waals surface area (Å²) in [6.45, 7) is 1.77. The van der Waals surface area contributed by atoms with E-state index in [4.69, 9.17) is 9.26 Å². The lowest BCUT2D eigenvalue weighted by molar-refractivity contribution is -0.137. The summed E-state index contributed by atoms with van der Waals surface area (Å²) in [5.41, 5.74) is 1.37. The summed E-state index contributed by atoms with van der Waals surface area (Å²) in [6, 6.07) is 10.7. The van der Waals surface area contributed by atoms with Crippen molar-refractivity contribution in [1.82, 2.24) is 5.16 Å². The van der Waals surface area contributed by atoms with Crippen molar-refractivity contribution in [2.45, 2.75) is 26.4 Å². The van der Waals surface area contributed by atoms with Crippen LogP contribution in [-0.2, 0) is 20.9 Å². The van der Waals surface area contributed by atoms with E-state index in [-0.39, 0.29) is 31.1 Å². The number of amides is 1. The average molecular weight is 313 g/mol. The van der Waals surface area contributed by atoms with E-state index in [1.165, 1.54) is 5.01 Å². The number of benzene rings is 1. The first-order chi connectivity index (χ1) is 11.1. The van der Waals surface area contributed by atoms with E-state index in [2.05, 4.69) is 10.3 Å². The van der Waals surface area contributed by atoms with Crippen molar-refractivity contribution < 1.29 is 18.8 Å². The van der Waals surface area contributed by atoms with Crippen LogP contribution in [0.15, 0.2) is 46.0 Å². The first-order valence-corrected chi connectivity index (χ1v) is 7.18. The number of para-hydroxylation sites is 1. The minimum absolute atomic E-state index is 0.00841. The number of rotatable bonds is 4. The number of hydrogen-bond acceptors (Lipinski definition) is 6. The predicted molar refractivity (Wildman–Crippen MR) is 81.6 cm³/mol. The zero-order chi connectivity index (χ0) is 16.2. The molecule has 23 heavy (non-hydrogen) atoms. The molecule has 0 radical (unpaired) electrons. The van der Waals surface area contributed by atoms with Crippen LogP contribution in [0.3, 0.4) is 0 Å². The van der Waals surface area contributed by atoms with Crippen LogP contribution in [-0.4, -0.2) is 22.7 Å². The molecule has 3 rings (SSSR count). The molecule has 2 aromatic rings. The van der Waals surface area contributed by atoms with Crippen LogP contribution in [0.25, 0.3) is 0 Å². The van der Waals surface area contributed by atoms with E-state index >= 15 is 0 Å². The third-order valence-electron chi connectivity index (χ3n) is 3.30. The molecule has 7 nitrogen and oxygen atoms in total. The van der Waals surface area contributed by atoms with Crippen LogP contribution in [0.5, 0.6) is 0 Å². The van der Waals surface area contributed by atoms with Gasteiger partial charge in [-0.05, 0) is 19.1 Å². The van der Waals surface area contributed by atoms with Crippen molar-refractivity contribution in [3.05, 3.63) is 47.9 Å². The molecule has 0 unspecified atom stereocenters. The Morgan fingerprint density at radius 3 is 2.78 bits per heavy atom. The monoisotopic (exact) mass is 313 g/mol. The summed E-state index contributed by atoms with van der Waals surface area (Å²) in [6.07, 6.45) is 0.477. The van der Waals surface area contributed by atoms with Gasteiger partial charge in [0.25, 0.3) is 0 Å². The molecule has 0 N–H and O–H groups in total. The number of hydrogen-bond donors (Lipinski definition) is 0. The SMILES string of the molecule is Cc1cc(COC(=O)C2=NN(c3ccccc3)C(=O)CC2)no1. The number of aromatic nitrogens is 1. The van der Waals surface area contributed by atoms with Crippen LogP contribution in [0.4, 0.5) is 5.69 Å². The molecule has 7 heteroatoms. The van der Waals surface area contributed by atoms with Gasteiger partial charge >= 0.3 is 5.97 Å². The van der Waals surface area contributed by atoms with Gasteiger partial charge in [0, 0.05) is 18.9 Å². The lowest BCUT2D eigenvalue weighted by Crippen LogP contribution is -2.34. The Balaban J connectivity index is 1.71. The van der Waals surface area contributed by atoms with Crippen molar-refractivity contribution in [1.29, 1.82) is 0 Å². The first-order valence-electron chi connectivity index (χ1n) is 7.18.